The molecular formula is C14H13ClO5. The molecule has 20 heavy (non-hydrogen) atoms. The summed E-state index contributed by atoms with van der Waals surface area (Å²) in [6.07, 6.45) is 0.139. The molecule has 2 unspecified atom stereocenters. The van der Waals surface area contributed by atoms with Crippen molar-refractivity contribution in [3.8, 4) is 5.75 Å². The van der Waals surface area contributed by atoms with E-state index in [9.17, 15) is 9.59 Å². The lowest BCUT2D eigenvalue weighted by molar-refractivity contribution is -0.164. The van der Waals surface area contributed by atoms with Gasteiger partial charge < -0.3 is 14.2 Å². The summed E-state index contributed by atoms with van der Waals surface area (Å²) >= 11 is 5.93. The number of carbonyl (C=O) groups excluding carboxylic acids is 2. The van der Waals surface area contributed by atoms with Gasteiger partial charge in [0.15, 0.2) is 0 Å². The largest absolute Gasteiger partial charge is 0.492 e. The number of esters is 2. The molecule has 0 radical (unpaired) electrons. The standard InChI is InChI=1S/C14H13ClO5/c15-10-1-2-11-8(6-10)5-9(7-19-11)13(16)20-12-3-4-18-14(12)17/h1-2,6,9,12H,3-5,7H2. The van der Waals surface area contributed by atoms with E-state index < -0.39 is 24.0 Å². The molecule has 1 aromatic carbocycles. The summed E-state index contributed by atoms with van der Waals surface area (Å²) in [5.74, 6) is -0.592. The lowest BCUT2D eigenvalue weighted by Crippen LogP contribution is -2.33. The van der Waals surface area contributed by atoms with E-state index in [-0.39, 0.29) is 6.61 Å². The molecule has 2 atom stereocenters. The average molecular weight is 297 g/mol. The highest BCUT2D eigenvalue weighted by Gasteiger charge is 2.34. The summed E-state index contributed by atoms with van der Waals surface area (Å²) in [4.78, 5) is 23.3. The molecule has 0 saturated carbocycles. The zero-order valence-corrected chi connectivity index (χ0v) is 11.4. The molecule has 5 nitrogen and oxygen atoms in total. The molecule has 106 valence electrons. The van der Waals surface area contributed by atoms with Crippen molar-refractivity contribution in [2.75, 3.05) is 13.2 Å². The second kappa shape index (κ2) is 5.32. The molecule has 0 aliphatic carbocycles. The molecule has 1 fully saturated rings. The summed E-state index contributed by atoms with van der Waals surface area (Å²) in [6.45, 7) is 0.547. The molecule has 0 amide bonds. The number of hydrogen-bond donors (Lipinski definition) is 0. The van der Waals surface area contributed by atoms with Gasteiger partial charge in [0.25, 0.3) is 0 Å². The first-order chi connectivity index (χ1) is 9.63. The Balaban J connectivity index is 1.67. The molecule has 2 aliphatic heterocycles. The third-order valence-electron chi connectivity index (χ3n) is 3.41. The number of rotatable bonds is 2. The van der Waals surface area contributed by atoms with Gasteiger partial charge in [-0.2, -0.15) is 0 Å². The van der Waals surface area contributed by atoms with Crippen LogP contribution in [0.1, 0.15) is 12.0 Å². The predicted molar refractivity (Wildman–Crippen MR) is 69.6 cm³/mol. The molecule has 3 rings (SSSR count). The fourth-order valence-electron chi connectivity index (χ4n) is 2.34. The summed E-state index contributed by atoms with van der Waals surface area (Å²) in [6, 6.07) is 5.31. The van der Waals surface area contributed by atoms with Gasteiger partial charge in [-0.05, 0) is 30.2 Å². The molecule has 6 heteroatoms. The van der Waals surface area contributed by atoms with E-state index in [2.05, 4.69) is 0 Å². The summed E-state index contributed by atoms with van der Waals surface area (Å²) in [5, 5.41) is 0.598. The maximum absolute atomic E-state index is 12.1. The van der Waals surface area contributed by atoms with Crippen LogP contribution in [0.25, 0.3) is 0 Å². The maximum atomic E-state index is 12.1. The Kier molecular flexibility index (Phi) is 3.53. The Hall–Kier alpha value is -1.75. The molecule has 0 spiro atoms. The van der Waals surface area contributed by atoms with Crippen molar-refractivity contribution in [2.24, 2.45) is 5.92 Å². The number of cyclic esters (lactones) is 1. The van der Waals surface area contributed by atoms with Crippen LogP contribution in [-0.4, -0.2) is 31.3 Å². The topological polar surface area (TPSA) is 61.8 Å². The van der Waals surface area contributed by atoms with Gasteiger partial charge in [0.05, 0.1) is 12.5 Å². The Morgan fingerprint density at radius 1 is 1.35 bits per heavy atom. The number of carbonyl (C=O) groups is 2. The molecular weight excluding hydrogens is 284 g/mol. The zero-order valence-electron chi connectivity index (χ0n) is 10.6. The van der Waals surface area contributed by atoms with Crippen LogP contribution in [0.3, 0.4) is 0 Å². The molecule has 0 bridgehead atoms. The van der Waals surface area contributed by atoms with Gasteiger partial charge in [-0.1, -0.05) is 11.6 Å². The molecule has 2 heterocycles. The number of fused-ring (bicyclic) bond motifs is 1. The van der Waals surface area contributed by atoms with Crippen LogP contribution in [0.4, 0.5) is 0 Å². The Labute approximate surface area is 120 Å². The monoisotopic (exact) mass is 296 g/mol. The van der Waals surface area contributed by atoms with Crippen LogP contribution < -0.4 is 4.74 Å². The van der Waals surface area contributed by atoms with Crippen LogP contribution in [0.15, 0.2) is 18.2 Å². The van der Waals surface area contributed by atoms with Crippen molar-refractivity contribution in [3.63, 3.8) is 0 Å². The maximum Gasteiger partial charge on any atom is 0.347 e. The highest BCUT2D eigenvalue weighted by atomic mass is 35.5. The van der Waals surface area contributed by atoms with E-state index in [1.807, 2.05) is 0 Å². The van der Waals surface area contributed by atoms with Crippen molar-refractivity contribution >= 4 is 23.5 Å². The molecule has 1 aromatic rings. The highest BCUT2D eigenvalue weighted by molar-refractivity contribution is 6.30. The lowest BCUT2D eigenvalue weighted by Gasteiger charge is -2.24. The van der Waals surface area contributed by atoms with Gasteiger partial charge in [0.1, 0.15) is 12.4 Å². The third kappa shape index (κ3) is 2.58. The van der Waals surface area contributed by atoms with Gasteiger partial charge in [-0.25, -0.2) is 4.79 Å². The van der Waals surface area contributed by atoms with E-state index in [0.717, 1.165) is 11.3 Å². The Bertz CT molecular complexity index is 556. The van der Waals surface area contributed by atoms with Crippen LogP contribution in [0, 0.1) is 5.92 Å². The van der Waals surface area contributed by atoms with E-state index in [1.54, 1.807) is 18.2 Å². The highest BCUT2D eigenvalue weighted by Crippen LogP contribution is 2.30. The normalized spacial score (nSPS) is 24.6. The fraction of sp³-hybridized carbons (Fsp3) is 0.429. The minimum Gasteiger partial charge on any atom is -0.492 e. The molecule has 1 saturated heterocycles. The van der Waals surface area contributed by atoms with Gasteiger partial charge in [-0.15, -0.1) is 0 Å². The second-order valence-corrected chi connectivity index (χ2v) is 5.28. The second-order valence-electron chi connectivity index (χ2n) is 4.85. The Morgan fingerprint density at radius 3 is 2.95 bits per heavy atom. The van der Waals surface area contributed by atoms with Crippen molar-refractivity contribution in [1.82, 2.24) is 0 Å². The third-order valence-corrected chi connectivity index (χ3v) is 3.64. The van der Waals surface area contributed by atoms with E-state index in [1.165, 1.54) is 0 Å². The minimum atomic E-state index is -0.775. The van der Waals surface area contributed by atoms with Gasteiger partial charge in [0.2, 0.25) is 6.10 Å². The zero-order chi connectivity index (χ0) is 14.1. The van der Waals surface area contributed by atoms with E-state index in [0.29, 0.717) is 24.5 Å². The first-order valence-corrected chi connectivity index (χ1v) is 6.79. The first kappa shape index (κ1) is 13.2. The average Bonchev–Trinajstić information content (AvgIpc) is 2.83. The number of ether oxygens (including phenoxy) is 3. The van der Waals surface area contributed by atoms with E-state index in [4.69, 9.17) is 25.8 Å². The van der Waals surface area contributed by atoms with Crippen molar-refractivity contribution in [3.05, 3.63) is 28.8 Å². The fourth-order valence-corrected chi connectivity index (χ4v) is 2.53. The summed E-state index contributed by atoms with van der Waals surface area (Å²) < 4.78 is 15.5. The number of hydrogen-bond acceptors (Lipinski definition) is 5. The van der Waals surface area contributed by atoms with Crippen molar-refractivity contribution in [2.45, 2.75) is 18.9 Å². The minimum absolute atomic E-state index is 0.245. The SMILES string of the molecule is O=C(OC1CCOC1=O)C1COc2ccc(Cl)cc2C1. The Morgan fingerprint density at radius 2 is 2.20 bits per heavy atom. The van der Waals surface area contributed by atoms with Crippen LogP contribution in [0.2, 0.25) is 5.02 Å². The number of halogens is 1. The van der Waals surface area contributed by atoms with Crippen LogP contribution >= 0.6 is 11.6 Å². The smallest absolute Gasteiger partial charge is 0.347 e. The summed E-state index contributed by atoms with van der Waals surface area (Å²) in [5.41, 5.74) is 0.875. The number of benzene rings is 1. The van der Waals surface area contributed by atoms with Gasteiger partial charge >= 0.3 is 11.9 Å². The van der Waals surface area contributed by atoms with Crippen molar-refractivity contribution < 1.29 is 23.8 Å². The molecule has 0 aromatic heterocycles. The quantitative estimate of drug-likeness (QED) is 0.778. The lowest BCUT2D eigenvalue weighted by atomic mass is 9.97. The van der Waals surface area contributed by atoms with Gasteiger partial charge in [-0.3, -0.25) is 4.79 Å². The van der Waals surface area contributed by atoms with E-state index >= 15 is 0 Å². The van der Waals surface area contributed by atoms with Crippen molar-refractivity contribution in [1.29, 1.82) is 0 Å². The first-order valence-electron chi connectivity index (χ1n) is 6.42. The van der Waals surface area contributed by atoms with Crippen LogP contribution in [-0.2, 0) is 25.5 Å². The van der Waals surface area contributed by atoms with Gasteiger partial charge in [0, 0.05) is 11.4 Å². The van der Waals surface area contributed by atoms with Crippen LogP contribution in [0.5, 0.6) is 5.75 Å². The summed E-state index contributed by atoms with van der Waals surface area (Å²) in [7, 11) is 0. The molecule has 2 aliphatic rings. The predicted octanol–water partition coefficient (Wildman–Crippen LogP) is 1.75. The molecule has 0 N–H and O–H groups in total.